The van der Waals surface area contributed by atoms with E-state index >= 15 is 0 Å². The summed E-state index contributed by atoms with van der Waals surface area (Å²) in [6, 6.07) is 7.17. The maximum absolute atomic E-state index is 11.0. The highest BCUT2D eigenvalue weighted by molar-refractivity contribution is 5.89. The number of nitrogens with zero attached hydrogens (tertiary/aromatic N) is 1. The fourth-order valence-corrected chi connectivity index (χ4v) is 1.85. The molecule has 0 fully saturated rings. The fourth-order valence-electron chi connectivity index (χ4n) is 1.85. The molecule has 3 nitrogen and oxygen atoms in total. The Balaban J connectivity index is 2.76. The van der Waals surface area contributed by atoms with Gasteiger partial charge >= 0.3 is 5.97 Å². The lowest BCUT2D eigenvalue weighted by Gasteiger charge is -2.19. The Bertz CT molecular complexity index is 361. The van der Waals surface area contributed by atoms with E-state index in [0.29, 0.717) is 18.0 Å². The smallest absolute Gasteiger partial charge is 0.336 e. The van der Waals surface area contributed by atoms with E-state index in [0.717, 1.165) is 12.1 Å². The first-order valence-corrected chi connectivity index (χ1v) is 5.50. The van der Waals surface area contributed by atoms with Crippen LogP contribution in [0, 0.1) is 5.92 Å². The normalized spacial score (nSPS) is 11.1. The summed E-state index contributed by atoms with van der Waals surface area (Å²) in [5.74, 6) is -0.268. The van der Waals surface area contributed by atoms with Crippen molar-refractivity contribution in [2.75, 3.05) is 13.6 Å². The predicted molar refractivity (Wildman–Crippen MR) is 64.6 cm³/mol. The van der Waals surface area contributed by atoms with Gasteiger partial charge in [0.15, 0.2) is 0 Å². The van der Waals surface area contributed by atoms with Crippen LogP contribution in [0.5, 0.6) is 0 Å². The molecule has 16 heavy (non-hydrogen) atoms. The molecule has 0 heterocycles. The van der Waals surface area contributed by atoms with Gasteiger partial charge in [-0.1, -0.05) is 32.0 Å². The summed E-state index contributed by atoms with van der Waals surface area (Å²) in [5, 5.41) is 9.04. The third-order valence-corrected chi connectivity index (χ3v) is 2.36. The average molecular weight is 221 g/mol. The van der Waals surface area contributed by atoms with Crippen molar-refractivity contribution in [1.29, 1.82) is 0 Å². The van der Waals surface area contributed by atoms with Crippen LogP contribution in [0.4, 0.5) is 0 Å². The highest BCUT2D eigenvalue weighted by Gasteiger charge is 2.11. The van der Waals surface area contributed by atoms with Crippen molar-refractivity contribution in [3.63, 3.8) is 0 Å². The van der Waals surface area contributed by atoms with Crippen LogP contribution in [0.25, 0.3) is 0 Å². The van der Waals surface area contributed by atoms with Gasteiger partial charge in [0.25, 0.3) is 0 Å². The van der Waals surface area contributed by atoms with Crippen molar-refractivity contribution in [2.24, 2.45) is 5.92 Å². The monoisotopic (exact) mass is 221 g/mol. The van der Waals surface area contributed by atoms with Gasteiger partial charge in [0, 0.05) is 13.1 Å². The van der Waals surface area contributed by atoms with E-state index in [9.17, 15) is 4.79 Å². The fraction of sp³-hybridized carbons (Fsp3) is 0.462. The molecule has 0 bridgehead atoms. The molecular weight excluding hydrogens is 202 g/mol. The van der Waals surface area contributed by atoms with E-state index in [1.54, 1.807) is 12.1 Å². The minimum atomic E-state index is -0.853. The third kappa shape index (κ3) is 3.66. The molecule has 0 aliphatic heterocycles. The van der Waals surface area contributed by atoms with Crippen molar-refractivity contribution in [2.45, 2.75) is 20.4 Å². The van der Waals surface area contributed by atoms with Crippen LogP contribution in [-0.4, -0.2) is 29.6 Å². The highest BCUT2D eigenvalue weighted by atomic mass is 16.4. The maximum Gasteiger partial charge on any atom is 0.336 e. The van der Waals surface area contributed by atoms with Gasteiger partial charge in [0.1, 0.15) is 0 Å². The van der Waals surface area contributed by atoms with E-state index < -0.39 is 5.97 Å². The molecule has 0 amide bonds. The van der Waals surface area contributed by atoms with Gasteiger partial charge in [-0.25, -0.2) is 4.79 Å². The van der Waals surface area contributed by atoms with E-state index in [-0.39, 0.29) is 0 Å². The molecule has 0 saturated heterocycles. The minimum Gasteiger partial charge on any atom is -0.478 e. The van der Waals surface area contributed by atoms with Crippen LogP contribution in [-0.2, 0) is 6.54 Å². The van der Waals surface area contributed by atoms with E-state index in [1.807, 2.05) is 19.2 Å². The SMILES string of the molecule is CC(C)CN(C)Cc1ccccc1C(=O)O. The summed E-state index contributed by atoms with van der Waals surface area (Å²) < 4.78 is 0. The Kier molecular flexibility index (Phi) is 4.50. The van der Waals surface area contributed by atoms with Gasteiger partial charge in [-0.2, -0.15) is 0 Å². The number of carboxylic acid groups (broad SMARTS) is 1. The average Bonchev–Trinajstić information content (AvgIpc) is 2.16. The standard InChI is InChI=1S/C13H19NO2/c1-10(2)8-14(3)9-11-6-4-5-7-12(11)13(15)16/h4-7,10H,8-9H2,1-3H3,(H,15,16). The molecule has 0 saturated carbocycles. The van der Waals surface area contributed by atoms with Gasteiger partial charge in [-0.05, 0) is 24.6 Å². The molecule has 1 aromatic carbocycles. The summed E-state index contributed by atoms with van der Waals surface area (Å²) in [5.41, 5.74) is 1.27. The van der Waals surface area contributed by atoms with Crippen molar-refractivity contribution in [3.05, 3.63) is 35.4 Å². The third-order valence-electron chi connectivity index (χ3n) is 2.36. The largest absolute Gasteiger partial charge is 0.478 e. The van der Waals surface area contributed by atoms with Gasteiger partial charge in [-0.15, -0.1) is 0 Å². The van der Waals surface area contributed by atoms with Crippen molar-refractivity contribution < 1.29 is 9.90 Å². The van der Waals surface area contributed by atoms with Gasteiger partial charge < -0.3 is 10.0 Å². The minimum absolute atomic E-state index is 0.401. The number of carbonyl (C=O) groups is 1. The number of carboxylic acids is 1. The van der Waals surface area contributed by atoms with Crippen molar-refractivity contribution >= 4 is 5.97 Å². The molecule has 0 aliphatic carbocycles. The summed E-state index contributed by atoms with van der Waals surface area (Å²) in [6.45, 7) is 5.95. The predicted octanol–water partition coefficient (Wildman–Crippen LogP) is 2.47. The zero-order chi connectivity index (χ0) is 12.1. The first-order chi connectivity index (χ1) is 7.50. The Morgan fingerprint density at radius 1 is 1.38 bits per heavy atom. The molecule has 0 radical (unpaired) electrons. The van der Waals surface area contributed by atoms with E-state index in [2.05, 4.69) is 18.7 Å². The highest BCUT2D eigenvalue weighted by Crippen LogP contribution is 2.11. The van der Waals surface area contributed by atoms with Crippen LogP contribution in [0.1, 0.15) is 29.8 Å². The van der Waals surface area contributed by atoms with Gasteiger partial charge in [-0.3, -0.25) is 0 Å². The second-order valence-corrected chi connectivity index (χ2v) is 4.55. The summed E-state index contributed by atoms with van der Waals surface area (Å²) in [6.07, 6.45) is 0. The summed E-state index contributed by atoms with van der Waals surface area (Å²) in [4.78, 5) is 13.2. The van der Waals surface area contributed by atoms with Gasteiger partial charge in [0.05, 0.1) is 5.56 Å². The lowest BCUT2D eigenvalue weighted by molar-refractivity contribution is 0.0694. The number of rotatable bonds is 5. The Hall–Kier alpha value is -1.35. The van der Waals surface area contributed by atoms with Crippen molar-refractivity contribution in [1.82, 2.24) is 4.90 Å². The quantitative estimate of drug-likeness (QED) is 0.830. The molecule has 0 atom stereocenters. The van der Waals surface area contributed by atoms with E-state index in [4.69, 9.17) is 5.11 Å². The molecule has 0 aliphatic rings. The molecule has 0 spiro atoms. The van der Waals surface area contributed by atoms with E-state index in [1.165, 1.54) is 0 Å². The summed E-state index contributed by atoms with van der Waals surface area (Å²) in [7, 11) is 2.01. The molecule has 0 unspecified atom stereocenters. The first kappa shape index (κ1) is 12.7. The number of hydrogen-bond acceptors (Lipinski definition) is 2. The molecule has 1 aromatic rings. The Morgan fingerprint density at radius 3 is 2.56 bits per heavy atom. The lowest BCUT2D eigenvalue weighted by Crippen LogP contribution is -2.23. The molecule has 1 N–H and O–H groups in total. The van der Waals surface area contributed by atoms with Crippen molar-refractivity contribution in [3.8, 4) is 0 Å². The first-order valence-electron chi connectivity index (χ1n) is 5.50. The Morgan fingerprint density at radius 2 is 2.00 bits per heavy atom. The molecule has 88 valence electrons. The zero-order valence-electron chi connectivity index (χ0n) is 10.1. The second-order valence-electron chi connectivity index (χ2n) is 4.55. The lowest BCUT2D eigenvalue weighted by atomic mass is 10.1. The summed E-state index contributed by atoms with van der Waals surface area (Å²) >= 11 is 0. The second kappa shape index (κ2) is 5.66. The number of aromatic carboxylic acids is 1. The molecule has 1 rings (SSSR count). The van der Waals surface area contributed by atoms with Crippen LogP contribution < -0.4 is 0 Å². The van der Waals surface area contributed by atoms with Crippen LogP contribution in [0.2, 0.25) is 0 Å². The van der Waals surface area contributed by atoms with Crippen LogP contribution in [0.15, 0.2) is 24.3 Å². The van der Waals surface area contributed by atoms with Crippen LogP contribution >= 0.6 is 0 Å². The molecule has 3 heteroatoms. The molecular formula is C13H19NO2. The van der Waals surface area contributed by atoms with Crippen LogP contribution in [0.3, 0.4) is 0 Å². The van der Waals surface area contributed by atoms with Gasteiger partial charge in [0.2, 0.25) is 0 Å². The molecule has 0 aromatic heterocycles. The Labute approximate surface area is 96.7 Å². The zero-order valence-corrected chi connectivity index (χ0v) is 10.1. The maximum atomic E-state index is 11.0. The topological polar surface area (TPSA) is 40.5 Å². The number of benzene rings is 1. The number of hydrogen-bond donors (Lipinski definition) is 1.